The van der Waals surface area contributed by atoms with Gasteiger partial charge in [0, 0.05) is 19.1 Å². The number of rotatable bonds is 7. The van der Waals surface area contributed by atoms with Crippen molar-refractivity contribution in [1.29, 1.82) is 0 Å². The second-order valence-electron chi connectivity index (χ2n) is 6.42. The predicted octanol–water partition coefficient (Wildman–Crippen LogP) is 3.98. The molecule has 0 saturated heterocycles. The molecule has 1 aromatic rings. The van der Waals surface area contributed by atoms with Crippen LogP contribution in [0, 0.1) is 0 Å². The summed E-state index contributed by atoms with van der Waals surface area (Å²) in [6.45, 7) is 4.37. The molecule has 2 N–H and O–H groups in total. The molecule has 1 atom stereocenters. The Morgan fingerprint density at radius 1 is 1.24 bits per heavy atom. The lowest BCUT2D eigenvalue weighted by atomic mass is 9.89. The number of ether oxygens (including phenoxy) is 1. The minimum Gasteiger partial charge on any atom is -0.508 e. The maximum atomic E-state index is 10.2. The monoisotopic (exact) mass is 292 g/mol. The fourth-order valence-corrected chi connectivity index (χ4v) is 3.03. The quantitative estimate of drug-likeness (QED) is 0.747. The number of unbranched alkanes of at least 4 members (excludes halogenated alkanes) is 3. The summed E-state index contributed by atoms with van der Waals surface area (Å²) in [5, 5.41) is 19.3. The van der Waals surface area contributed by atoms with E-state index >= 15 is 0 Å². The third kappa shape index (κ3) is 4.13. The summed E-state index contributed by atoms with van der Waals surface area (Å²) in [5.74, 6) is 1.13. The second-order valence-corrected chi connectivity index (χ2v) is 6.42. The van der Waals surface area contributed by atoms with Crippen molar-refractivity contribution in [3.8, 4) is 11.5 Å². The van der Waals surface area contributed by atoms with E-state index in [2.05, 4.69) is 13.0 Å². The highest BCUT2D eigenvalue weighted by Gasteiger charge is 2.31. The molecule has 1 heterocycles. The van der Waals surface area contributed by atoms with E-state index in [1.807, 2.05) is 6.92 Å². The smallest absolute Gasteiger partial charge is 0.127 e. The lowest BCUT2D eigenvalue weighted by Crippen LogP contribution is -2.37. The fourth-order valence-electron chi connectivity index (χ4n) is 3.03. The van der Waals surface area contributed by atoms with Gasteiger partial charge in [0.05, 0.1) is 0 Å². The van der Waals surface area contributed by atoms with Crippen molar-refractivity contribution in [1.82, 2.24) is 0 Å². The summed E-state index contributed by atoms with van der Waals surface area (Å²) in [5.41, 5.74) is 1.92. The summed E-state index contributed by atoms with van der Waals surface area (Å²) in [6, 6.07) is 3.87. The number of aliphatic hydroxyl groups is 1. The molecule has 0 fully saturated rings. The van der Waals surface area contributed by atoms with E-state index in [9.17, 15) is 5.11 Å². The minimum absolute atomic E-state index is 0.132. The summed E-state index contributed by atoms with van der Waals surface area (Å²) in [4.78, 5) is 0. The Bertz CT molecular complexity index is 470. The van der Waals surface area contributed by atoms with E-state index in [4.69, 9.17) is 9.84 Å². The lowest BCUT2D eigenvalue weighted by Gasteiger charge is -2.35. The van der Waals surface area contributed by atoms with E-state index in [0.717, 1.165) is 37.0 Å². The first-order valence-electron chi connectivity index (χ1n) is 8.22. The third-order valence-corrected chi connectivity index (χ3v) is 4.48. The van der Waals surface area contributed by atoms with Crippen molar-refractivity contribution in [2.24, 2.45) is 0 Å². The summed E-state index contributed by atoms with van der Waals surface area (Å²) >= 11 is 0. The molecule has 3 heteroatoms. The van der Waals surface area contributed by atoms with Crippen LogP contribution < -0.4 is 4.74 Å². The zero-order valence-corrected chi connectivity index (χ0v) is 13.3. The van der Waals surface area contributed by atoms with Gasteiger partial charge >= 0.3 is 0 Å². The molecule has 21 heavy (non-hydrogen) atoms. The number of aryl methyl sites for hydroxylation is 2. The number of aliphatic hydroxyl groups excluding tert-OH is 1. The first-order valence-corrected chi connectivity index (χ1v) is 8.22. The normalized spacial score (nSPS) is 20.9. The Hall–Kier alpha value is -1.22. The molecule has 0 spiro atoms. The predicted molar refractivity (Wildman–Crippen MR) is 85.0 cm³/mol. The van der Waals surface area contributed by atoms with Crippen molar-refractivity contribution in [3.63, 3.8) is 0 Å². The van der Waals surface area contributed by atoms with Crippen LogP contribution in [-0.4, -0.2) is 22.4 Å². The van der Waals surface area contributed by atoms with Crippen molar-refractivity contribution >= 4 is 0 Å². The van der Waals surface area contributed by atoms with Crippen LogP contribution in [0.4, 0.5) is 0 Å². The van der Waals surface area contributed by atoms with E-state index in [1.165, 1.54) is 24.8 Å². The molecule has 0 bridgehead atoms. The summed E-state index contributed by atoms with van der Waals surface area (Å²) < 4.78 is 6.02. The van der Waals surface area contributed by atoms with Gasteiger partial charge < -0.3 is 14.9 Å². The molecular formula is C18H28O3. The van der Waals surface area contributed by atoms with Gasteiger partial charge in [-0.25, -0.2) is 0 Å². The molecule has 1 aromatic carbocycles. The SMILES string of the molecule is CCCCCCc1cc2c(cc1O)OC(C)(CCO)CC2. The van der Waals surface area contributed by atoms with Crippen molar-refractivity contribution in [3.05, 3.63) is 23.3 Å². The second kappa shape index (κ2) is 7.17. The van der Waals surface area contributed by atoms with Gasteiger partial charge in [-0.1, -0.05) is 26.2 Å². The van der Waals surface area contributed by atoms with Gasteiger partial charge in [0.1, 0.15) is 17.1 Å². The first kappa shape index (κ1) is 16.2. The number of hydrogen-bond donors (Lipinski definition) is 2. The number of fused-ring (bicyclic) bond motifs is 1. The van der Waals surface area contributed by atoms with Crippen LogP contribution in [0.1, 0.15) is 63.5 Å². The average Bonchev–Trinajstić information content (AvgIpc) is 2.44. The van der Waals surface area contributed by atoms with Crippen molar-refractivity contribution in [2.45, 2.75) is 70.8 Å². The van der Waals surface area contributed by atoms with Crippen LogP contribution in [-0.2, 0) is 12.8 Å². The molecule has 0 amide bonds. The highest BCUT2D eigenvalue weighted by atomic mass is 16.5. The topological polar surface area (TPSA) is 49.7 Å². The number of aromatic hydroxyl groups is 1. The van der Waals surface area contributed by atoms with Crippen LogP contribution in [0.3, 0.4) is 0 Å². The van der Waals surface area contributed by atoms with Gasteiger partial charge in [0.2, 0.25) is 0 Å². The van der Waals surface area contributed by atoms with E-state index in [1.54, 1.807) is 6.07 Å². The Morgan fingerprint density at radius 2 is 2.05 bits per heavy atom. The van der Waals surface area contributed by atoms with Gasteiger partial charge in [0.25, 0.3) is 0 Å². The molecule has 0 saturated carbocycles. The molecule has 0 radical (unpaired) electrons. The van der Waals surface area contributed by atoms with Gasteiger partial charge in [-0.05, 0) is 49.8 Å². The van der Waals surface area contributed by atoms with Crippen LogP contribution in [0.15, 0.2) is 12.1 Å². The largest absolute Gasteiger partial charge is 0.508 e. The zero-order valence-electron chi connectivity index (χ0n) is 13.3. The molecule has 1 aliphatic heterocycles. The van der Waals surface area contributed by atoms with Gasteiger partial charge in [-0.2, -0.15) is 0 Å². The zero-order chi connectivity index (χ0) is 15.3. The first-order chi connectivity index (χ1) is 10.1. The highest BCUT2D eigenvalue weighted by Crippen LogP contribution is 2.38. The standard InChI is InChI=1S/C18H28O3/c1-3-4-5-6-7-14-12-15-8-9-18(2,10-11-19)21-17(15)13-16(14)20/h12-13,19-20H,3-11H2,1-2H3. The lowest BCUT2D eigenvalue weighted by molar-refractivity contribution is 0.0386. The molecule has 118 valence electrons. The minimum atomic E-state index is -0.309. The summed E-state index contributed by atoms with van der Waals surface area (Å²) in [7, 11) is 0. The fraction of sp³-hybridized carbons (Fsp3) is 0.667. The number of hydrogen-bond acceptors (Lipinski definition) is 3. The Labute approximate surface area is 128 Å². The molecule has 1 aliphatic rings. The molecule has 3 nitrogen and oxygen atoms in total. The summed E-state index contributed by atoms with van der Waals surface area (Å²) in [6.07, 6.45) is 8.27. The number of benzene rings is 1. The van der Waals surface area contributed by atoms with Gasteiger partial charge in [-0.3, -0.25) is 0 Å². The van der Waals surface area contributed by atoms with Crippen molar-refractivity contribution in [2.75, 3.05) is 6.61 Å². The molecule has 0 aromatic heterocycles. The van der Waals surface area contributed by atoms with Crippen LogP contribution in [0.25, 0.3) is 0 Å². The van der Waals surface area contributed by atoms with E-state index in [-0.39, 0.29) is 12.2 Å². The number of phenols is 1. The molecule has 2 rings (SSSR count). The average molecular weight is 292 g/mol. The Kier molecular flexibility index (Phi) is 5.51. The van der Waals surface area contributed by atoms with E-state index < -0.39 is 0 Å². The Morgan fingerprint density at radius 3 is 2.76 bits per heavy atom. The van der Waals surface area contributed by atoms with Crippen LogP contribution in [0.5, 0.6) is 11.5 Å². The van der Waals surface area contributed by atoms with Crippen molar-refractivity contribution < 1.29 is 14.9 Å². The molecular weight excluding hydrogens is 264 g/mol. The van der Waals surface area contributed by atoms with Gasteiger partial charge in [-0.15, -0.1) is 0 Å². The highest BCUT2D eigenvalue weighted by molar-refractivity contribution is 5.47. The van der Waals surface area contributed by atoms with Crippen LogP contribution in [0.2, 0.25) is 0 Å². The van der Waals surface area contributed by atoms with E-state index in [0.29, 0.717) is 12.2 Å². The number of phenolic OH excluding ortho intramolecular Hbond substituents is 1. The van der Waals surface area contributed by atoms with Gasteiger partial charge in [0.15, 0.2) is 0 Å². The Balaban J connectivity index is 2.06. The maximum Gasteiger partial charge on any atom is 0.127 e. The third-order valence-electron chi connectivity index (χ3n) is 4.48. The molecule has 1 unspecified atom stereocenters. The maximum absolute atomic E-state index is 10.2. The van der Waals surface area contributed by atoms with Crippen LogP contribution >= 0.6 is 0 Å². The molecule has 0 aliphatic carbocycles.